The standard InChI is InChI=1S/C15H16BrClFN3/c1-4-5-13-20-14(17)9(3)15(21-13)19-12-7-10(16)11(18)6-8(12)2/h6-7H,4-5H2,1-3H3,(H,19,20,21). The van der Waals surface area contributed by atoms with Crippen LogP contribution in [0.3, 0.4) is 0 Å². The van der Waals surface area contributed by atoms with Crippen LogP contribution in [0.25, 0.3) is 0 Å². The molecule has 0 bridgehead atoms. The molecule has 1 aromatic carbocycles. The molecule has 112 valence electrons. The maximum absolute atomic E-state index is 13.5. The Bertz CT molecular complexity index is 676. The number of anilines is 2. The number of benzene rings is 1. The van der Waals surface area contributed by atoms with Crippen molar-refractivity contribution in [2.24, 2.45) is 0 Å². The monoisotopic (exact) mass is 371 g/mol. The molecule has 1 aromatic heterocycles. The third-order valence-corrected chi connectivity index (χ3v) is 4.10. The second-order valence-corrected chi connectivity index (χ2v) is 6.07. The van der Waals surface area contributed by atoms with Crippen molar-refractivity contribution in [3.63, 3.8) is 0 Å². The summed E-state index contributed by atoms with van der Waals surface area (Å²) in [6.07, 6.45) is 1.71. The zero-order valence-electron chi connectivity index (χ0n) is 12.1. The number of rotatable bonds is 4. The molecule has 1 heterocycles. The van der Waals surface area contributed by atoms with E-state index in [0.717, 1.165) is 29.7 Å². The summed E-state index contributed by atoms with van der Waals surface area (Å²) in [5, 5.41) is 3.66. The van der Waals surface area contributed by atoms with Gasteiger partial charge in [-0.25, -0.2) is 14.4 Å². The van der Waals surface area contributed by atoms with Crippen molar-refractivity contribution in [2.75, 3.05) is 5.32 Å². The number of halogens is 3. The molecule has 0 saturated heterocycles. The van der Waals surface area contributed by atoms with Gasteiger partial charge in [0.1, 0.15) is 22.6 Å². The number of nitrogens with one attached hydrogen (secondary N) is 1. The average molecular weight is 373 g/mol. The minimum Gasteiger partial charge on any atom is -0.340 e. The predicted octanol–water partition coefficient (Wildman–Crippen LogP) is 5.34. The third kappa shape index (κ3) is 3.71. The van der Waals surface area contributed by atoms with Crippen molar-refractivity contribution in [1.82, 2.24) is 9.97 Å². The normalized spacial score (nSPS) is 10.8. The lowest BCUT2D eigenvalue weighted by Gasteiger charge is -2.13. The van der Waals surface area contributed by atoms with Crippen LogP contribution in [0.1, 0.15) is 30.3 Å². The highest BCUT2D eigenvalue weighted by atomic mass is 79.9. The molecule has 2 aromatic rings. The summed E-state index contributed by atoms with van der Waals surface area (Å²) >= 11 is 9.35. The first-order chi connectivity index (χ1) is 9.92. The van der Waals surface area contributed by atoms with Crippen LogP contribution in [0, 0.1) is 19.7 Å². The Morgan fingerprint density at radius 3 is 2.67 bits per heavy atom. The first-order valence-electron chi connectivity index (χ1n) is 6.68. The van der Waals surface area contributed by atoms with E-state index >= 15 is 0 Å². The van der Waals surface area contributed by atoms with Gasteiger partial charge in [0.05, 0.1) is 4.47 Å². The summed E-state index contributed by atoms with van der Waals surface area (Å²) in [5.41, 5.74) is 2.35. The summed E-state index contributed by atoms with van der Waals surface area (Å²) in [6, 6.07) is 3.16. The molecule has 0 amide bonds. The fourth-order valence-corrected chi connectivity index (χ4v) is 2.43. The Hall–Kier alpha value is -1.20. The number of hydrogen-bond donors (Lipinski definition) is 1. The van der Waals surface area contributed by atoms with Crippen LogP contribution >= 0.6 is 27.5 Å². The van der Waals surface area contributed by atoms with Gasteiger partial charge in [-0.2, -0.15) is 0 Å². The van der Waals surface area contributed by atoms with Crippen LogP contribution in [-0.2, 0) is 6.42 Å². The fraction of sp³-hybridized carbons (Fsp3) is 0.333. The molecule has 0 unspecified atom stereocenters. The smallest absolute Gasteiger partial charge is 0.138 e. The SMILES string of the molecule is CCCc1nc(Cl)c(C)c(Nc2cc(Br)c(F)cc2C)n1. The second-order valence-electron chi connectivity index (χ2n) is 4.86. The molecule has 0 spiro atoms. The topological polar surface area (TPSA) is 37.8 Å². The van der Waals surface area contributed by atoms with Crippen molar-refractivity contribution in [1.29, 1.82) is 0 Å². The lowest BCUT2D eigenvalue weighted by atomic mass is 10.2. The zero-order valence-corrected chi connectivity index (χ0v) is 14.4. The number of aryl methyl sites for hydroxylation is 2. The third-order valence-electron chi connectivity index (χ3n) is 3.13. The largest absolute Gasteiger partial charge is 0.340 e. The molecule has 21 heavy (non-hydrogen) atoms. The molecular formula is C15H16BrClFN3. The molecule has 0 aliphatic heterocycles. The molecule has 0 radical (unpaired) electrons. The summed E-state index contributed by atoms with van der Waals surface area (Å²) in [7, 11) is 0. The molecule has 0 aliphatic rings. The molecule has 0 fully saturated rings. The zero-order chi connectivity index (χ0) is 15.6. The first-order valence-corrected chi connectivity index (χ1v) is 7.85. The Labute approximate surface area is 137 Å². The number of aromatic nitrogens is 2. The van der Waals surface area contributed by atoms with Gasteiger partial charge in [-0.3, -0.25) is 0 Å². The maximum atomic E-state index is 13.5. The highest BCUT2D eigenvalue weighted by Crippen LogP contribution is 2.29. The van der Waals surface area contributed by atoms with Gasteiger partial charge < -0.3 is 5.32 Å². The van der Waals surface area contributed by atoms with Crippen LogP contribution in [0.5, 0.6) is 0 Å². The summed E-state index contributed by atoms with van der Waals surface area (Å²) < 4.78 is 13.9. The quantitative estimate of drug-likeness (QED) is 0.736. The van der Waals surface area contributed by atoms with Crippen LogP contribution < -0.4 is 5.32 Å². The lowest BCUT2D eigenvalue weighted by Crippen LogP contribution is -2.05. The Morgan fingerprint density at radius 2 is 2.00 bits per heavy atom. The molecule has 0 saturated carbocycles. The van der Waals surface area contributed by atoms with Crippen molar-refractivity contribution in [2.45, 2.75) is 33.6 Å². The number of nitrogens with zero attached hydrogens (tertiary/aromatic N) is 2. The van der Waals surface area contributed by atoms with E-state index in [9.17, 15) is 4.39 Å². The Kier molecular flexibility index (Phi) is 5.17. The summed E-state index contributed by atoms with van der Waals surface area (Å²) in [6.45, 7) is 5.75. The predicted molar refractivity (Wildman–Crippen MR) is 87.9 cm³/mol. The van der Waals surface area contributed by atoms with Gasteiger partial charge >= 0.3 is 0 Å². The molecule has 0 atom stereocenters. The van der Waals surface area contributed by atoms with E-state index in [1.54, 1.807) is 6.07 Å². The number of hydrogen-bond acceptors (Lipinski definition) is 3. The van der Waals surface area contributed by atoms with Gasteiger partial charge in [0.2, 0.25) is 0 Å². The van der Waals surface area contributed by atoms with Gasteiger partial charge in [0, 0.05) is 17.7 Å². The van der Waals surface area contributed by atoms with E-state index in [4.69, 9.17) is 11.6 Å². The fourth-order valence-electron chi connectivity index (χ4n) is 1.90. The van der Waals surface area contributed by atoms with E-state index < -0.39 is 0 Å². The van der Waals surface area contributed by atoms with Crippen LogP contribution in [0.2, 0.25) is 5.15 Å². The minimum absolute atomic E-state index is 0.290. The van der Waals surface area contributed by atoms with E-state index in [0.29, 0.717) is 21.3 Å². The molecular weight excluding hydrogens is 357 g/mol. The van der Waals surface area contributed by atoms with Gasteiger partial charge in [-0.05, 0) is 53.9 Å². The second kappa shape index (κ2) is 6.71. The van der Waals surface area contributed by atoms with Gasteiger partial charge in [-0.1, -0.05) is 18.5 Å². The van der Waals surface area contributed by atoms with Gasteiger partial charge in [0.15, 0.2) is 0 Å². The van der Waals surface area contributed by atoms with E-state index in [2.05, 4.69) is 38.1 Å². The van der Waals surface area contributed by atoms with Crippen molar-refractivity contribution >= 4 is 39.0 Å². The molecule has 2 rings (SSSR count). The highest BCUT2D eigenvalue weighted by Gasteiger charge is 2.12. The van der Waals surface area contributed by atoms with Crippen LogP contribution in [0.15, 0.2) is 16.6 Å². The average Bonchev–Trinajstić information content (AvgIpc) is 2.42. The van der Waals surface area contributed by atoms with E-state index in [1.807, 2.05) is 13.8 Å². The molecule has 6 heteroatoms. The Morgan fingerprint density at radius 1 is 1.29 bits per heavy atom. The van der Waals surface area contributed by atoms with Crippen molar-refractivity contribution < 1.29 is 4.39 Å². The van der Waals surface area contributed by atoms with Gasteiger partial charge in [-0.15, -0.1) is 0 Å². The van der Waals surface area contributed by atoms with Crippen LogP contribution in [-0.4, -0.2) is 9.97 Å². The minimum atomic E-state index is -0.290. The van der Waals surface area contributed by atoms with E-state index in [-0.39, 0.29) is 5.82 Å². The molecule has 3 nitrogen and oxygen atoms in total. The van der Waals surface area contributed by atoms with Crippen molar-refractivity contribution in [3.05, 3.63) is 44.5 Å². The molecule has 1 N–H and O–H groups in total. The molecule has 0 aliphatic carbocycles. The highest BCUT2D eigenvalue weighted by molar-refractivity contribution is 9.10. The summed E-state index contributed by atoms with van der Waals surface area (Å²) in [5.74, 6) is 1.07. The van der Waals surface area contributed by atoms with Crippen LogP contribution in [0.4, 0.5) is 15.9 Å². The van der Waals surface area contributed by atoms with E-state index in [1.165, 1.54) is 6.07 Å². The Balaban J connectivity index is 2.41. The maximum Gasteiger partial charge on any atom is 0.138 e. The lowest BCUT2D eigenvalue weighted by molar-refractivity contribution is 0.620. The van der Waals surface area contributed by atoms with Gasteiger partial charge in [0.25, 0.3) is 0 Å². The summed E-state index contributed by atoms with van der Waals surface area (Å²) in [4.78, 5) is 8.76. The first kappa shape index (κ1) is 16.2. The van der Waals surface area contributed by atoms with Crippen molar-refractivity contribution in [3.8, 4) is 0 Å².